The molecule has 11 heteroatoms. The van der Waals surface area contributed by atoms with Gasteiger partial charge in [0.2, 0.25) is 17.7 Å². The van der Waals surface area contributed by atoms with Crippen molar-refractivity contribution >= 4 is 23.7 Å². The highest BCUT2D eigenvalue weighted by Crippen LogP contribution is 2.10. The molecule has 194 valence electrons. The summed E-state index contributed by atoms with van der Waals surface area (Å²) >= 11 is 0. The number of carbonyl (C=O) groups is 4. The van der Waals surface area contributed by atoms with E-state index < -0.39 is 35.9 Å². The first kappa shape index (κ1) is 26.9. The standard InChI is InChI=1S/C25H34N6O5/c1-15(2)21(25(35)36)31-24(34)20(12-17-13-26-14-28-17)30-23(33)19(11-16-7-4-3-5-8-16)29-22(32)18-9-6-10-27-18/h3-5,7-8,13-15,18-21,27H,6,9-12H2,1-2H3,(H,26,28)(H,29,32)(H,30,33)(H,31,34)(H,35,36). The molecule has 1 fully saturated rings. The van der Waals surface area contributed by atoms with Gasteiger partial charge in [-0.25, -0.2) is 9.78 Å². The minimum absolute atomic E-state index is 0.0677. The summed E-state index contributed by atoms with van der Waals surface area (Å²) in [5.41, 5.74) is 1.43. The number of aliphatic carboxylic acids is 1. The largest absolute Gasteiger partial charge is 0.480 e. The van der Waals surface area contributed by atoms with Crippen molar-refractivity contribution in [2.45, 2.75) is 63.7 Å². The summed E-state index contributed by atoms with van der Waals surface area (Å²) in [5, 5.41) is 20.7. The van der Waals surface area contributed by atoms with Crippen molar-refractivity contribution in [3.63, 3.8) is 0 Å². The summed E-state index contributed by atoms with van der Waals surface area (Å²) in [7, 11) is 0. The monoisotopic (exact) mass is 498 g/mol. The van der Waals surface area contributed by atoms with Crippen LogP contribution in [0.4, 0.5) is 0 Å². The molecular weight excluding hydrogens is 464 g/mol. The van der Waals surface area contributed by atoms with Crippen LogP contribution in [0.25, 0.3) is 0 Å². The SMILES string of the molecule is CC(C)C(NC(=O)C(Cc1cnc[nH]1)NC(=O)C(Cc1ccccc1)NC(=O)C1CCCN1)C(=O)O. The fourth-order valence-corrected chi connectivity index (χ4v) is 4.10. The molecule has 2 aromatic rings. The van der Waals surface area contributed by atoms with Crippen molar-refractivity contribution in [2.75, 3.05) is 6.54 Å². The fraction of sp³-hybridized carbons (Fsp3) is 0.480. The second-order valence-electron chi connectivity index (χ2n) is 9.31. The molecule has 3 amide bonds. The molecule has 11 nitrogen and oxygen atoms in total. The molecule has 3 rings (SSSR count). The van der Waals surface area contributed by atoms with Crippen LogP contribution in [0, 0.1) is 5.92 Å². The Morgan fingerprint density at radius 3 is 2.31 bits per heavy atom. The van der Waals surface area contributed by atoms with E-state index in [1.807, 2.05) is 30.3 Å². The van der Waals surface area contributed by atoms with Crippen LogP contribution in [0.5, 0.6) is 0 Å². The van der Waals surface area contributed by atoms with Crippen molar-refractivity contribution in [3.05, 3.63) is 54.1 Å². The summed E-state index contributed by atoms with van der Waals surface area (Å²) < 4.78 is 0. The third-order valence-corrected chi connectivity index (χ3v) is 6.13. The second kappa shape index (κ2) is 12.8. The van der Waals surface area contributed by atoms with Gasteiger partial charge in [0, 0.05) is 24.7 Å². The Bertz CT molecular complexity index is 1020. The summed E-state index contributed by atoms with van der Waals surface area (Å²) in [5.74, 6) is -2.98. The molecule has 4 unspecified atom stereocenters. The maximum absolute atomic E-state index is 13.4. The van der Waals surface area contributed by atoms with Gasteiger partial charge in [-0.15, -0.1) is 0 Å². The molecule has 1 aliphatic rings. The number of hydrogen-bond acceptors (Lipinski definition) is 6. The lowest BCUT2D eigenvalue weighted by Gasteiger charge is -2.26. The highest BCUT2D eigenvalue weighted by molar-refractivity contribution is 5.94. The lowest BCUT2D eigenvalue weighted by molar-refractivity contribution is -0.143. The van der Waals surface area contributed by atoms with Gasteiger partial charge in [-0.3, -0.25) is 14.4 Å². The van der Waals surface area contributed by atoms with E-state index in [-0.39, 0.29) is 30.7 Å². The van der Waals surface area contributed by atoms with Gasteiger partial charge >= 0.3 is 5.97 Å². The Balaban J connectivity index is 1.79. The van der Waals surface area contributed by atoms with Gasteiger partial charge in [-0.05, 0) is 30.9 Å². The summed E-state index contributed by atoms with van der Waals surface area (Å²) in [6.45, 7) is 4.11. The fourth-order valence-electron chi connectivity index (χ4n) is 4.10. The molecule has 1 aromatic carbocycles. The minimum atomic E-state index is -1.16. The number of H-pyrrole nitrogens is 1. The molecule has 2 heterocycles. The Hall–Kier alpha value is -3.73. The van der Waals surface area contributed by atoms with Crippen LogP contribution in [-0.4, -0.2) is 69.5 Å². The molecular formula is C25H34N6O5. The van der Waals surface area contributed by atoms with Gasteiger partial charge in [0.25, 0.3) is 0 Å². The zero-order chi connectivity index (χ0) is 26.1. The van der Waals surface area contributed by atoms with Crippen LogP contribution in [0.15, 0.2) is 42.9 Å². The first-order chi connectivity index (χ1) is 17.2. The quantitative estimate of drug-likeness (QED) is 0.242. The van der Waals surface area contributed by atoms with Crippen molar-refractivity contribution in [3.8, 4) is 0 Å². The highest BCUT2D eigenvalue weighted by atomic mass is 16.4. The maximum atomic E-state index is 13.4. The molecule has 36 heavy (non-hydrogen) atoms. The summed E-state index contributed by atoms with van der Waals surface area (Å²) in [6, 6.07) is 5.75. The number of amides is 3. The van der Waals surface area contributed by atoms with Gasteiger partial charge < -0.3 is 31.4 Å². The van der Waals surface area contributed by atoms with Gasteiger partial charge in [0.05, 0.1) is 12.4 Å². The zero-order valence-electron chi connectivity index (χ0n) is 20.5. The van der Waals surface area contributed by atoms with E-state index in [0.29, 0.717) is 12.1 Å². The first-order valence-electron chi connectivity index (χ1n) is 12.1. The molecule has 4 atom stereocenters. The van der Waals surface area contributed by atoms with Crippen LogP contribution in [0.3, 0.4) is 0 Å². The van der Waals surface area contributed by atoms with Crippen molar-refractivity contribution in [2.24, 2.45) is 5.92 Å². The van der Waals surface area contributed by atoms with Gasteiger partial charge in [0.1, 0.15) is 18.1 Å². The van der Waals surface area contributed by atoms with Crippen molar-refractivity contribution in [1.29, 1.82) is 0 Å². The summed E-state index contributed by atoms with van der Waals surface area (Å²) in [6.07, 6.45) is 4.83. The molecule has 0 radical (unpaired) electrons. The van der Waals surface area contributed by atoms with E-state index in [2.05, 4.69) is 31.2 Å². The van der Waals surface area contributed by atoms with E-state index in [4.69, 9.17) is 0 Å². The number of imidazole rings is 1. The number of hydrogen-bond donors (Lipinski definition) is 6. The number of aromatic amines is 1. The van der Waals surface area contributed by atoms with Crippen LogP contribution in [0.1, 0.15) is 37.9 Å². The molecule has 1 saturated heterocycles. The molecule has 1 aliphatic heterocycles. The number of carboxylic acid groups (broad SMARTS) is 1. The van der Waals surface area contributed by atoms with E-state index in [1.54, 1.807) is 13.8 Å². The number of carbonyl (C=O) groups excluding carboxylic acids is 3. The average molecular weight is 499 g/mol. The number of benzene rings is 1. The van der Waals surface area contributed by atoms with E-state index >= 15 is 0 Å². The second-order valence-corrected chi connectivity index (χ2v) is 9.31. The van der Waals surface area contributed by atoms with E-state index in [9.17, 15) is 24.3 Å². The Labute approximate surface area is 209 Å². The first-order valence-corrected chi connectivity index (χ1v) is 12.1. The van der Waals surface area contributed by atoms with Gasteiger partial charge in [-0.1, -0.05) is 44.2 Å². The molecule has 0 saturated carbocycles. The van der Waals surface area contributed by atoms with E-state index in [1.165, 1.54) is 12.5 Å². The third-order valence-electron chi connectivity index (χ3n) is 6.13. The Morgan fingerprint density at radius 2 is 1.72 bits per heavy atom. The number of aromatic nitrogens is 2. The number of nitrogens with one attached hydrogen (secondary N) is 5. The number of carboxylic acids is 1. The zero-order valence-corrected chi connectivity index (χ0v) is 20.5. The number of nitrogens with zero attached hydrogens (tertiary/aromatic N) is 1. The topological polar surface area (TPSA) is 165 Å². The van der Waals surface area contributed by atoms with Crippen LogP contribution in [-0.2, 0) is 32.0 Å². The lowest BCUT2D eigenvalue weighted by atomic mass is 10.0. The van der Waals surface area contributed by atoms with Gasteiger partial charge in [0.15, 0.2) is 0 Å². The van der Waals surface area contributed by atoms with E-state index in [0.717, 1.165) is 18.5 Å². The maximum Gasteiger partial charge on any atom is 0.326 e. The van der Waals surface area contributed by atoms with Crippen LogP contribution < -0.4 is 21.3 Å². The number of rotatable bonds is 12. The van der Waals surface area contributed by atoms with Gasteiger partial charge in [-0.2, -0.15) is 0 Å². The summed E-state index contributed by atoms with van der Waals surface area (Å²) in [4.78, 5) is 57.8. The highest BCUT2D eigenvalue weighted by Gasteiger charge is 2.32. The minimum Gasteiger partial charge on any atom is -0.480 e. The van der Waals surface area contributed by atoms with Crippen molar-refractivity contribution in [1.82, 2.24) is 31.2 Å². The van der Waals surface area contributed by atoms with Crippen LogP contribution in [0.2, 0.25) is 0 Å². The average Bonchev–Trinajstić information content (AvgIpc) is 3.56. The molecule has 6 N–H and O–H groups in total. The molecule has 0 spiro atoms. The predicted molar refractivity (Wildman–Crippen MR) is 132 cm³/mol. The smallest absolute Gasteiger partial charge is 0.326 e. The van der Waals surface area contributed by atoms with Crippen LogP contribution >= 0.6 is 0 Å². The third kappa shape index (κ3) is 7.64. The molecule has 0 bridgehead atoms. The van der Waals surface area contributed by atoms with Crippen molar-refractivity contribution < 1.29 is 24.3 Å². The molecule has 1 aromatic heterocycles. The predicted octanol–water partition coefficient (Wildman–Crippen LogP) is 0.142. The Morgan fingerprint density at radius 1 is 1.03 bits per heavy atom. The molecule has 0 aliphatic carbocycles. The lowest BCUT2D eigenvalue weighted by Crippen LogP contribution is -2.58. The normalized spacial score (nSPS) is 17.7. The Kier molecular flexibility index (Phi) is 9.57.